The number of ether oxygens (including phenoxy) is 2. The van der Waals surface area contributed by atoms with Gasteiger partial charge in [0, 0.05) is 23.4 Å². The van der Waals surface area contributed by atoms with Crippen LogP contribution in [0, 0.1) is 0 Å². The van der Waals surface area contributed by atoms with Crippen LogP contribution in [-0.4, -0.2) is 43.9 Å². The molecule has 2 amide bonds. The van der Waals surface area contributed by atoms with Crippen molar-refractivity contribution in [3.05, 3.63) is 46.2 Å². The van der Waals surface area contributed by atoms with Crippen molar-refractivity contribution in [2.45, 2.75) is 38.1 Å². The minimum absolute atomic E-state index is 0.125. The fourth-order valence-corrected chi connectivity index (χ4v) is 4.78. The maximum absolute atomic E-state index is 12.5. The van der Waals surface area contributed by atoms with Crippen molar-refractivity contribution in [1.29, 1.82) is 0 Å². The molecule has 7 heteroatoms. The number of thiophene rings is 1. The highest BCUT2D eigenvalue weighted by atomic mass is 32.1. The van der Waals surface area contributed by atoms with Gasteiger partial charge in [-0.2, -0.15) is 0 Å². The third-order valence-corrected chi connectivity index (χ3v) is 6.73. The minimum atomic E-state index is -0.222. The van der Waals surface area contributed by atoms with Crippen LogP contribution in [0.2, 0.25) is 0 Å². The molecule has 156 valence electrons. The molecule has 6 nitrogen and oxygen atoms in total. The van der Waals surface area contributed by atoms with Crippen molar-refractivity contribution in [2.75, 3.05) is 33.0 Å². The molecule has 0 aliphatic carbocycles. The van der Waals surface area contributed by atoms with Crippen LogP contribution in [0.5, 0.6) is 11.5 Å². The Hall–Kier alpha value is -2.25. The van der Waals surface area contributed by atoms with Gasteiger partial charge in [-0.1, -0.05) is 26.0 Å². The Morgan fingerprint density at radius 3 is 2.72 bits per heavy atom. The zero-order valence-electron chi connectivity index (χ0n) is 17.1. The number of rotatable bonds is 7. The Bertz CT molecular complexity index is 832. The van der Waals surface area contributed by atoms with Gasteiger partial charge in [0.15, 0.2) is 11.5 Å². The maximum Gasteiger partial charge on any atom is 0.314 e. The molecule has 1 aromatic heterocycles. The molecular weight excluding hydrogens is 386 g/mol. The molecule has 0 radical (unpaired) electrons. The van der Waals surface area contributed by atoms with E-state index in [0.717, 1.165) is 30.2 Å². The predicted molar refractivity (Wildman–Crippen MR) is 115 cm³/mol. The zero-order chi connectivity index (χ0) is 20.3. The summed E-state index contributed by atoms with van der Waals surface area (Å²) in [5.74, 6) is 1.54. The van der Waals surface area contributed by atoms with E-state index in [9.17, 15) is 4.79 Å². The van der Waals surface area contributed by atoms with Crippen molar-refractivity contribution in [2.24, 2.45) is 0 Å². The van der Waals surface area contributed by atoms with Crippen LogP contribution in [0.3, 0.4) is 0 Å². The highest BCUT2D eigenvalue weighted by Gasteiger charge is 2.26. The molecule has 2 N–H and O–H groups in total. The molecule has 3 heterocycles. The number of amides is 2. The molecule has 1 aromatic carbocycles. The van der Waals surface area contributed by atoms with Gasteiger partial charge in [-0.3, -0.25) is 4.90 Å². The van der Waals surface area contributed by atoms with Gasteiger partial charge in [0.2, 0.25) is 6.79 Å². The Morgan fingerprint density at radius 2 is 1.97 bits per heavy atom. The minimum Gasteiger partial charge on any atom is -0.454 e. The summed E-state index contributed by atoms with van der Waals surface area (Å²) in [5.41, 5.74) is 0.885. The number of nitrogens with zero attached hydrogens (tertiary/aromatic N) is 1. The fourth-order valence-electron chi connectivity index (χ4n) is 3.92. The van der Waals surface area contributed by atoms with E-state index >= 15 is 0 Å². The summed E-state index contributed by atoms with van der Waals surface area (Å²) in [6, 6.07) is 10.3. The van der Waals surface area contributed by atoms with Crippen molar-refractivity contribution >= 4 is 17.4 Å². The third kappa shape index (κ3) is 4.67. The van der Waals surface area contributed by atoms with E-state index in [4.69, 9.17) is 9.47 Å². The van der Waals surface area contributed by atoms with Gasteiger partial charge in [-0.15, -0.1) is 11.3 Å². The summed E-state index contributed by atoms with van der Waals surface area (Å²) in [7, 11) is 0. The highest BCUT2D eigenvalue weighted by Crippen LogP contribution is 2.36. The summed E-state index contributed by atoms with van der Waals surface area (Å²) in [6.07, 6.45) is 2.47. The van der Waals surface area contributed by atoms with Gasteiger partial charge in [0.1, 0.15) is 0 Å². The van der Waals surface area contributed by atoms with Crippen LogP contribution < -0.4 is 20.1 Å². The molecule has 4 rings (SSSR count). The lowest BCUT2D eigenvalue weighted by molar-refractivity contribution is 0.174. The van der Waals surface area contributed by atoms with E-state index in [0.29, 0.717) is 13.1 Å². The van der Waals surface area contributed by atoms with Crippen LogP contribution in [0.25, 0.3) is 0 Å². The Labute approximate surface area is 176 Å². The standard InChI is InChI=1S/C22H29N3O3S/c1-22(2,16-7-8-18-19(12-16)28-15-27-18)14-24-21(26)23-13-17(20-6-5-11-29-20)25-9-3-4-10-25/h5-8,11-12,17H,3-4,9-10,13-15H2,1-2H3,(H2,23,24,26). The molecule has 1 fully saturated rings. The normalized spacial score (nSPS) is 17.3. The second-order valence-electron chi connectivity index (χ2n) is 8.29. The first kappa shape index (κ1) is 20.0. The number of hydrogen-bond acceptors (Lipinski definition) is 5. The van der Waals surface area contributed by atoms with E-state index in [1.54, 1.807) is 11.3 Å². The Morgan fingerprint density at radius 1 is 1.17 bits per heavy atom. The average Bonchev–Trinajstić information content (AvgIpc) is 3.48. The predicted octanol–water partition coefficient (Wildman–Crippen LogP) is 3.89. The lowest BCUT2D eigenvalue weighted by Gasteiger charge is -2.28. The molecule has 0 spiro atoms. The molecule has 29 heavy (non-hydrogen) atoms. The van der Waals surface area contributed by atoms with E-state index in [1.165, 1.54) is 17.7 Å². The van der Waals surface area contributed by atoms with Crippen LogP contribution in [0.15, 0.2) is 35.7 Å². The van der Waals surface area contributed by atoms with Crippen molar-refractivity contribution in [3.8, 4) is 11.5 Å². The second-order valence-corrected chi connectivity index (χ2v) is 9.27. The molecule has 1 saturated heterocycles. The van der Waals surface area contributed by atoms with Gasteiger partial charge in [-0.05, 0) is 55.1 Å². The zero-order valence-corrected chi connectivity index (χ0v) is 17.9. The Balaban J connectivity index is 1.32. The van der Waals surface area contributed by atoms with Crippen LogP contribution in [0.4, 0.5) is 4.79 Å². The largest absolute Gasteiger partial charge is 0.454 e. The molecule has 2 aliphatic rings. The average molecular weight is 416 g/mol. The van der Waals surface area contributed by atoms with E-state index in [-0.39, 0.29) is 24.3 Å². The topological polar surface area (TPSA) is 62.8 Å². The number of carbonyl (C=O) groups excluding carboxylic acids is 1. The van der Waals surface area contributed by atoms with E-state index < -0.39 is 0 Å². The van der Waals surface area contributed by atoms with Crippen LogP contribution >= 0.6 is 11.3 Å². The molecule has 1 atom stereocenters. The highest BCUT2D eigenvalue weighted by molar-refractivity contribution is 7.10. The van der Waals surface area contributed by atoms with Gasteiger partial charge in [0.25, 0.3) is 0 Å². The number of likely N-dealkylation sites (tertiary alicyclic amines) is 1. The first-order valence-electron chi connectivity index (χ1n) is 10.2. The van der Waals surface area contributed by atoms with Crippen LogP contribution in [-0.2, 0) is 5.41 Å². The van der Waals surface area contributed by atoms with Gasteiger partial charge < -0.3 is 20.1 Å². The SMILES string of the molecule is CC(C)(CNC(=O)NCC(c1cccs1)N1CCCC1)c1ccc2c(c1)OCO2. The number of hydrogen-bond donors (Lipinski definition) is 2. The van der Waals surface area contributed by atoms with Crippen molar-refractivity contribution < 1.29 is 14.3 Å². The summed E-state index contributed by atoms with van der Waals surface area (Å²) < 4.78 is 10.9. The fraction of sp³-hybridized carbons (Fsp3) is 0.500. The molecule has 0 bridgehead atoms. The lowest BCUT2D eigenvalue weighted by Crippen LogP contribution is -2.45. The van der Waals surface area contributed by atoms with Gasteiger partial charge >= 0.3 is 6.03 Å². The summed E-state index contributed by atoms with van der Waals surface area (Å²) in [5, 5.41) is 8.23. The smallest absolute Gasteiger partial charge is 0.314 e. The second kappa shape index (κ2) is 8.63. The summed E-state index contributed by atoms with van der Waals surface area (Å²) >= 11 is 1.76. The van der Waals surface area contributed by atoms with Gasteiger partial charge in [0.05, 0.1) is 6.04 Å². The van der Waals surface area contributed by atoms with Gasteiger partial charge in [-0.25, -0.2) is 4.79 Å². The molecule has 0 saturated carbocycles. The van der Waals surface area contributed by atoms with E-state index in [1.807, 2.05) is 18.2 Å². The van der Waals surface area contributed by atoms with Crippen LogP contribution in [0.1, 0.15) is 43.2 Å². The summed E-state index contributed by atoms with van der Waals surface area (Å²) in [4.78, 5) is 16.3. The summed E-state index contributed by atoms with van der Waals surface area (Å²) in [6.45, 7) is 7.85. The van der Waals surface area contributed by atoms with E-state index in [2.05, 4.69) is 46.9 Å². The number of fused-ring (bicyclic) bond motifs is 1. The number of nitrogens with one attached hydrogen (secondary N) is 2. The molecular formula is C22H29N3O3S. The molecule has 2 aliphatic heterocycles. The Kier molecular flexibility index (Phi) is 5.96. The molecule has 1 unspecified atom stereocenters. The van der Waals surface area contributed by atoms with Crippen molar-refractivity contribution in [1.82, 2.24) is 15.5 Å². The number of carbonyl (C=O) groups is 1. The first-order valence-corrected chi connectivity index (χ1v) is 11.1. The quantitative estimate of drug-likeness (QED) is 0.720. The lowest BCUT2D eigenvalue weighted by atomic mass is 9.84. The monoisotopic (exact) mass is 415 g/mol. The van der Waals surface area contributed by atoms with Crippen molar-refractivity contribution in [3.63, 3.8) is 0 Å². The maximum atomic E-state index is 12.5. The first-order chi connectivity index (χ1) is 14.0. The number of benzene rings is 1. The molecule has 2 aromatic rings. The third-order valence-electron chi connectivity index (χ3n) is 5.75. The number of urea groups is 1.